The van der Waals surface area contributed by atoms with Gasteiger partial charge < -0.3 is 44.6 Å². The van der Waals surface area contributed by atoms with E-state index in [-0.39, 0.29) is 50.2 Å². The number of sulfone groups is 1. The molecule has 0 spiro atoms. The highest BCUT2D eigenvalue weighted by atomic mass is 35.5. The Labute approximate surface area is 798 Å². The van der Waals surface area contributed by atoms with Gasteiger partial charge in [-0.15, -0.1) is 6.42 Å². The fourth-order valence-electron chi connectivity index (χ4n) is 13.6. The maximum absolute atomic E-state index is 13.8. The molecule has 0 saturated carbocycles. The fraction of sp³-hybridized carbons (Fsp3) is 0.189. The highest BCUT2D eigenvalue weighted by molar-refractivity contribution is 7.90. The number of anilines is 8. The van der Waals surface area contributed by atoms with E-state index in [2.05, 4.69) is 77.8 Å². The van der Waals surface area contributed by atoms with Crippen molar-refractivity contribution in [1.82, 2.24) is 49.8 Å². The van der Waals surface area contributed by atoms with E-state index >= 15 is 0 Å². The van der Waals surface area contributed by atoms with Crippen LogP contribution in [0.4, 0.5) is 51.6 Å². The van der Waals surface area contributed by atoms with E-state index in [0.717, 1.165) is 115 Å². The van der Waals surface area contributed by atoms with Crippen LogP contribution < -0.4 is 60.0 Å². The van der Waals surface area contributed by atoms with E-state index < -0.39 is 39.9 Å². The molecule has 14 rings (SSSR count). The average Bonchev–Trinajstić information content (AvgIpc) is 0.849. The van der Waals surface area contributed by atoms with Gasteiger partial charge in [0.15, 0.2) is 9.84 Å². The van der Waals surface area contributed by atoms with Gasteiger partial charge in [0, 0.05) is 86.8 Å². The Kier molecular flexibility index (Phi) is 35.5. The number of rotatable bonds is 27. The van der Waals surface area contributed by atoms with Crippen molar-refractivity contribution in [3.63, 3.8) is 0 Å². The maximum Gasteiger partial charge on any atom is 0.238 e. The van der Waals surface area contributed by atoms with Crippen molar-refractivity contribution in [2.24, 2.45) is 15.4 Å². The number of nitrogens with one attached hydrogen (secondary N) is 3. The smallest absolute Gasteiger partial charge is 0.238 e. The van der Waals surface area contributed by atoms with E-state index in [1.165, 1.54) is 48.7 Å². The average molecular weight is 1960 g/mol. The Morgan fingerprint density at radius 2 is 0.746 bits per heavy atom. The van der Waals surface area contributed by atoms with Crippen LogP contribution in [0.1, 0.15) is 85.4 Å². The Morgan fingerprint density at radius 3 is 1.17 bits per heavy atom. The van der Waals surface area contributed by atoms with Gasteiger partial charge in [-0.05, 0) is 252 Å². The van der Waals surface area contributed by atoms with Crippen molar-refractivity contribution in [2.45, 2.75) is 112 Å². The molecule has 134 heavy (non-hydrogen) atoms. The Hall–Kier alpha value is -13.4. The second kappa shape index (κ2) is 46.3. The highest BCUT2D eigenvalue weighted by Crippen LogP contribution is 2.36. The first kappa shape index (κ1) is 103. The predicted molar refractivity (Wildman–Crippen MR) is 531 cm³/mol. The minimum Gasteiger partial charge on any atom is -0.370 e. The monoisotopic (exact) mass is 1960 g/mol. The topological polar surface area (TPSA) is 533 Å². The Morgan fingerprint density at radius 1 is 0.373 bits per heavy atom. The number of aromatic nitrogens is 10. The molecule has 0 aliphatic rings. The normalized spacial score (nSPS) is 11.2. The standard InChI is InChI=1S/C22H24FN3O2S.C20H20Cl2N4O2S.C20H20N6O2S.C19H20ClN5O2S.C14H13ClN4/c1-14-15(2)20(23)12-11-19(14)21-13-17(25-22(24)26-21)6-4-5-16-7-9-18(10-8-16)29(3,27)28;1-12-16(9-10-17(21)19(12)22)18-11-14(25-20(23)26-18)4-2-3-13-5-7-15(8-6-13)29(24,27)28;1-13-15(12-21)3-2-4-17(13)18-11-19(26-20(22)25-18)24-10-9-14-5-7-16(8-6-14)29(23,27)28;1-12-2-5-14(20)10-16(12)17-11-18(25-19(21)24-17)23-9-8-13-3-6-15(7-4-13)28(22,26)27;1-3-7-17-13-8-12(18-14(16)19-13)10-5-4-6-11(15)9(10)2/h7-13H,4-6H2,1-3H3,(H2,24,25,26);5-11H,2-4H2,1H3,(H2,23,25,26)(H2,24,27,28);2-8,11H,9-10H2,1H3,(H2,23,27,28)(H3,22,24,25,26);2-7,10-11H,8-9H2,1H3,(H2,22,26,27)(H3,21,23,24,25);1,4-6,8H,7H2,2H3,(H3,16,17,18,19). The first-order chi connectivity index (χ1) is 63.4. The maximum atomic E-state index is 13.8. The van der Waals surface area contributed by atoms with Crippen molar-refractivity contribution in [2.75, 3.05) is 70.5 Å². The quantitative estimate of drug-likeness (QED) is 0.0213. The van der Waals surface area contributed by atoms with E-state index in [4.69, 9.17) is 96.9 Å². The largest absolute Gasteiger partial charge is 0.370 e. The van der Waals surface area contributed by atoms with Crippen LogP contribution in [-0.4, -0.2) is 109 Å². The summed E-state index contributed by atoms with van der Waals surface area (Å²) < 4.78 is 105. The third kappa shape index (κ3) is 29.5. The lowest BCUT2D eigenvalue weighted by atomic mass is 9.99. The first-order valence-corrected chi connectivity index (χ1v) is 49.2. The molecular weight excluding hydrogens is 1870 g/mol. The van der Waals surface area contributed by atoms with Crippen LogP contribution in [0.2, 0.25) is 20.1 Å². The molecule has 0 bridgehead atoms. The number of benzene rings is 9. The van der Waals surface area contributed by atoms with Crippen molar-refractivity contribution in [3.8, 4) is 74.7 Å². The minimum absolute atomic E-state index is 0.0809. The van der Waals surface area contributed by atoms with Gasteiger partial charge in [-0.3, -0.25) is 0 Å². The number of nitrogen functional groups attached to an aromatic ring is 5. The summed E-state index contributed by atoms with van der Waals surface area (Å²) in [5, 5.41) is 36.2. The lowest BCUT2D eigenvalue weighted by molar-refractivity contribution is 0.596. The van der Waals surface area contributed by atoms with Gasteiger partial charge in [0.05, 0.1) is 76.3 Å². The van der Waals surface area contributed by atoms with E-state index in [1.54, 1.807) is 91.9 Å². The number of nitrogens with two attached hydrogens (primary N) is 8. The molecule has 0 aliphatic heterocycles. The molecule has 694 valence electrons. The van der Waals surface area contributed by atoms with Gasteiger partial charge in [-0.1, -0.05) is 137 Å². The third-order valence-corrected chi connectivity index (χ3v) is 26.4. The zero-order valence-electron chi connectivity index (χ0n) is 73.8. The summed E-state index contributed by atoms with van der Waals surface area (Å²) in [6.07, 6.45) is 12.3. The number of hydrogen-bond acceptors (Lipinski definition) is 27. The second-order valence-corrected chi connectivity index (χ2v) is 39.0. The van der Waals surface area contributed by atoms with Gasteiger partial charge >= 0.3 is 0 Å². The molecule has 19 N–H and O–H groups in total. The lowest BCUT2D eigenvalue weighted by Crippen LogP contribution is -2.12. The van der Waals surface area contributed by atoms with Gasteiger partial charge in [-0.25, -0.2) is 88.4 Å². The van der Waals surface area contributed by atoms with E-state index in [9.17, 15) is 43.3 Å². The second-order valence-electron chi connectivity index (χ2n) is 30.6. The number of nitrogens with zero attached hydrogens (tertiary/aromatic N) is 11. The van der Waals surface area contributed by atoms with Crippen molar-refractivity contribution < 1.29 is 38.1 Å². The first-order valence-electron chi connectivity index (χ1n) is 41.1. The number of aryl methyl sites for hydroxylation is 5. The van der Waals surface area contributed by atoms with Gasteiger partial charge in [0.25, 0.3) is 0 Å². The molecular formula is C95H97Cl4FN22O8S4. The minimum atomic E-state index is -3.69. The number of terminal acetylenes is 1. The summed E-state index contributed by atoms with van der Waals surface area (Å²) in [5.41, 5.74) is 48.3. The molecule has 5 aromatic heterocycles. The Balaban J connectivity index is 0.000000175. The molecule has 0 saturated heterocycles. The number of sulfonamides is 3. The molecule has 39 heteroatoms. The number of halogens is 5. The molecule has 9 aromatic carbocycles. The summed E-state index contributed by atoms with van der Waals surface area (Å²) in [5.74, 6) is 4.87. The van der Waals surface area contributed by atoms with Crippen LogP contribution in [-0.2, 0) is 78.4 Å². The summed E-state index contributed by atoms with van der Waals surface area (Å²) in [7, 11) is -14.2. The predicted octanol–water partition coefficient (Wildman–Crippen LogP) is 16.2. The lowest BCUT2D eigenvalue weighted by Gasteiger charge is -2.11. The van der Waals surface area contributed by atoms with Crippen LogP contribution in [0.3, 0.4) is 0 Å². The number of nitriles is 1. The van der Waals surface area contributed by atoms with E-state index in [1.807, 2.05) is 113 Å². The van der Waals surface area contributed by atoms with Crippen molar-refractivity contribution in [1.29, 1.82) is 5.26 Å². The van der Waals surface area contributed by atoms with Crippen LogP contribution in [0, 0.1) is 71.0 Å². The van der Waals surface area contributed by atoms with Gasteiger partial charge in [0.2, 0.25) is 59.8 Å². The van der Waals surface area contributed by atoms with Crippen molar-refractivity contribution in [3.05, 3.63) is 305 Å². The molecule has 0 unspecified atom stereocenters. The third-order valence-electron chi connectivity index (χ3n) is 20.9. The van der Waals surface area contributed by atoms with Crippen LogP contribution >= 0.6 is 46.4 Å². The zero-order chi connectivity index (χ0) is 97.5. The molecule has 0 radical (unpaired) electrons. The Bertz CT molecular complexity index is 7010. The molecule has 30 nitrogen and oxygen atoms in total. The molecule has 0 atom stereocenters. The molecule has 0 aliphatic carbocycles. The number of primary sulfonamides is 3. The molecule has 14 aromatic rings. The summed E-state index contributed by atoms with van der Waals surface area (Å²) in [6.45, 7) is 12.8. The summed E-state index contributed by atoms with van der Waals surface area (Å²) >= 11 is 24.5. The summed E-state index contributed by atoms with van der Waals surface area (Å²) in [6, 6.07) is 61.1. The van der Waals surface area contributed by atoms with Gasteiger partial charge in [0.1, 0.15) is 23.3 Å². The molecule has 5 heterocycles. The van der Waals surface area contributed by atoms with Gasteiger partial charge in [-0.2, -0.15) is 20.2 Å². The van der Waals surface area contributed by atoms with Crippen LogP contribution in [0.15, 0.2) is 226 Å². The molecule has 0 fully saturated rings. The SMILES string of the molecule is C#CCNc1cc(-c2cccc(Cl)c2C)nc(N)n1.Cc1c(-c2cc(CCCc3ccc(S(N)(=O)=O)cc3)nc(N)n2)ccc(Cl)c1Cl.Cc1c(C#N)cccc1-c1cc(NCCc2ccc(S(N)(=O)=O)cc2)nc(N)n1.Cc1c(F)ccc(-c2cc(CCCc3ccc(S(C)(=O)=O)cc3)nc(N)n2)c1C.Cc1ccc(Cl)cc1-c1cc(NCCc2ccc(S(N)(=O)=O)cc2)nc(N)n1. The zero-order valence-corrected chi connectivity index (χ0v) is 80.1. The fourth-order valence-corrected chi connectivity index (χ4v) is 16.5. The van der Waals surface area contributed by atoms with Crippen LogP contribution in [0.25, 0.3) is 56.3 Å². The number of hydrogen-bond donors (Lipinski definition) is 11. The molecule has 0 amide bonds. The van der Waals surface area contributed by atoms with E-state index in [0.29, 0.717) is 127 Å². The highest BCUT2D eigenvalue weighted by Gasteiger charge is 2.20. The van der Waals surface area contributed by atoms with Crippen molar-refractivity contribution >= 4 is 134 Å². The summed E-state index contributed by atoms with van der Waals surface area (Å²) in [4.78, 5) is 43.2. The van der Waals surface area contributed by atoms with Crippen LogP contribution in [0.5, 0.6) is 0 Å².